The molecule has 0 aliphatic heterocycles. The van der Waals surface area contributed by atoms with Gasteiger partial charge in [0, 0.05) is 0 Å². The van der Waals surface area contributed by atoms with Crippen LogP contribution in [0.1, 0.15) is 108 Å². The Hall–Kier alpha value is -0.920. The van der Waals surface area contributed by atoms with Gasteiger partial charge in [-0.1, -0.05) is 45.1 Å². The maximum atomic E-state index is 13.6. The minimum absolute atomic E-state index is 0.427. The average molecular weight is 403 g/mol. The van der Waals surface area contributed by atoms with Crippen molar-refractivity contribution in [1.29, 1.82) is 0 Å². The van der Waals surface area contributed by atoms with E-state index in [0.717, 1.165) is 48.0 Å². The van der Waals surface area contributed by atoms with Gasteiger partial charge in [-0.3, -0.25) is 0 Å². The molecule has 0 spiro atoms. The SMILES string of the molecule is CCCCCC1CCC2CC(C3CCC(c4ccc(F)c(F)c4)CC3)CCC2C1. The van der Waals surface area contributed by atoms with Crippen LogP contribution in [0, 0.1) is 41.2 Å². The quantitative estimate of drug-likeness (QED) is 0.418. The van der Waals surface area contributed by atoms with Crippen LogP contribution >= 0.6 is 0 Å². The Kier molecular flexibility index (Phi) is 7.30. The molecule has 0 saturated heterocycles. The first-order valence-corrected chi connectivity index (χ1v) is 12.6. The van der Waals surface area contributed by atoms with E-state index in [2.05, 4.69) is 6.92 Å². The van der Waals surface area contributed by atoms with Gasteiger partial charge in [-0.15, -0.1) is 0 Å². The van der Waals surface area contributed by atoms with Crippen LogP contribution in [-0.4, -0.2) is 0 Å². The van der Waals surface area contributed by atoms with Gasteiger partial charge in [-0.25, -0.2) is 8.78 Å². The summed E-state index contributed by atoms with van der Waals surface area (Å²) in [4.78, 5) is 0. The summed E-state index contributed by atoms with van der Waals surface area (Å²) in [5.74, 6) is 3.86. The molecule has 4 unspecified atom stereocenters. The summed E-state index contributed by atoms with van der Waals surface area (Å²) in [5, 5.41) is 0. The molecule has 0 N–H and O–H groups in total. The molecule has 0 bridgehead atoms. The Bertz CT molecular complexity index is 646. The minimum atomic E-state index is -0.723. The Labute approximate surface area is 176 Å². The lowest BCUT2D eigenvalue weighted by atomic mass is 9.60. The van der Waals surface area contributed by atoms with Crippen molar-refractivity contribution in [2.24, 2.45) is 29.6 Å². The third kappa shape index (κ3) is 5.23. The van der Waals surface area contributed by atoms with E-state index in [4.69, 9.17) is 0 Å². The number of hydrogen-bond acceptors (Lipinski definition) is 0. The highest BCUT2D eigenvalue weighted by Gasteiger charge is 2.38. The molecule has 0 radical (unpaired) electrons. The Morgan fingerprint density at radius 1 is 0.724 bits per heavy atom. The maximum absolute atomic E-state index is 13.6. The average Bonchev–Trinajstić information content (AvgIpc) is 2.75. The van der Waals surface area contributed by atoms with Gasteiger partial charge in [0.25, 0.3) is 0 Å². The fourth-order valence-electron chi connectivity index (χ4n) is 7.09. The van der Waals surface area contributed by atoms with Gasteiger partial charge >= 0.3 is 0 Å². The van der Waals surface area contributed by atoms with E-state index < -0.39 is 11.6 Å². The van der Waals surface area contributed by atoms with E-state index >= 15 is 0 Å². The summed E-state index contributed by atoms with van der Waals surface area (Å²) >= 11 is 0. The molecule has 1 aromatic carbocycles. The molecular formula is C27H40F2. The summed E-state index contributed by atoms with van der Waals surface area (Å²) < 4.78 is 26.8. The highest BCUT2D eigenvalue weighted by atomic mass is 19.2. The van der Waals surface area contributed by atoms with Gasteiger partial charge in [-0.05, 0) is 111 Å². The van der Waals surface area contributed by atoms with Crippen molar-refractivity contribution in [1.82, 2.24) is 0 Å². The third-order valence-corrected chi connectivity index (χ3v) is 8.83. The number of halogens is 2. The number of rotatable bonds is 6. The summed E-state index contributed by atoms with van der Waals surface area (Å²) in [6.45, 7) is 2.31. The normalized spacial score (nSPS) is 35.3. The molecule has 0 heterocycles. The first-order valence-electron chi connectivity index (χ1n) is 12.6. The van der Waals surface area contributed by atoms with E-state index in [1.165, 1.54) is 89.2 Å². The summed E-state index contributed by atoms with van der Waals surface area (Å²) in [6.07, 6.45) is 19.5. The van der Waals surface area contributed by atoms with Crippen molar-refractivity contribution in [3.63, 3.8) is 0 Å². The number of hydrogen-bond donors (Lipinski definition) is 0. The van der Waals surface area contributed by atoms with Crippen LogP contribution < -0.4 is 0 Å². The highest BCUT2D eigenvalue weighted by Crippen LogP contribution is 2.50. The largest absolute Gasteiger partial charge is 0.204 e. The predicted octanol–water partition coefficient (Wildman–Crippen LogP) is 8.65. The van der Waals surface area contributed by atoms with E-state index in [9.17, 15) is 8.78 Å². The van der Waals surface area contributed by atoms with Crippen LogP contribution in [0.15, 0.2) is 18.2 Å². The third-order valence-electron chi connectivity index (χ3n) is 8.83. The van der Waals surface area contributed by atoms with Gasteiger partial charge < -0.3 is 0 Å². The molecule has 0 nitrogen and oxygen atoms in total. The van der Waals surface area contributed by atoms with Crippen molar-refractivity contribution in [2.75, 3.05) is 0 Å². The number of unbranched alkanes of at least 4 members (excludes halogenated alkanes) is 2. The molecule has 162 valence electrons. The molecule has 3 fully saturated rings. The van der Waals surface area contributed by atoms with Gasteiger partial charge in [0.15, 0.2) is 11.6 Å². The lowest BCUT2D eigenvalue weighted by Crippen LogP contribution is -2.34. The summed E-state index contributed by atoms with van der Waals surface area (Å²) in [5.41, 5.74) is 1.01. The molecule has 1 aromatic rings. The van der Waals surface area contributed by atoms with E-state index in [-0.39, 0.29) is 0 Å². The highest BCUT2D eigenvalue weighted by molar-refractivity contribution is 5.22. The van der Waals surface area contributed by atoms with Gasteiger partial charge in [-0.2, -0.15) is 0 Å². The fourth-order valence-corrected chi connectivity index (χ4v) is 7.09. The van der Waals surface area contributed by atoms with Gasteiger partial charge in [0.1, 0.15) is 0 Å². The Balaban J connectivity index is 1.24. The van der Waals surface area contributed by atoms with E-state index in [1.807, 2.05) is 0 Å². The molecule has 2 heteroatoms. The van der Waals surface area contributed by atoms with E-state index in [1.54, 1.807) is 6.07 Å². The van der Waals surface area contributed by atoms with Crippen LogP contribution in [0.25, 0.3) is 0 Å². The lowest BCUT2D eigenvalue weighted by molar-refractivity contribution is 0.0614. The molecule has 0 amide bonds. The van der Waals surface area contributed by atoms with Crippen molar-refractivity contribution in [2.45, 2.75) is 103 Å². The van der Waals surface area contributed by atoms with Crippen molar-refractivity contribution < 1.29 is 8.78 Å². The van der Waals surface area contributed by atoms with Crippen LogP contribution in [0.4, 0.5) is 8.78 Å². The molecule has 4 rings (SSSR count). The molecule has 4 atom stereocenters. The Morgan fingerprint density at radius 2 is 1.38 bits per heavy atom. The topological polar surface area (TPSA) is 0 Å². The van der Waals surface area contributed by atoms with Crippen LogP contribution in [0.2, 0.25) is 0 Å². The fraction of sp³-hybridized carbons (Fsp3) is 0.778. The van der Waals surface area contributed by atoms with E-state index in [0.29, 0.717) is 5.92 Å². The number of benzene rings is 1. The minimum Gasteiger partial charge on any atom is -0.204 e. The van der Waals surface area contributed by atoms with Crippen LogP contribution in [0.5, 0.6) is 0 Å². The molecule has 0 aromatic heterocycles. The van der Waals surface area contributed by atoms with Gasteiger partial charge in [0.2, 0.25) is 0 Å². The molecule has 3 aliphatic rings. The molecular weight excluding hydrogens is 362 g/mol. The monoisotopic (exact) mass is 402 g/mol. The maximum Gasteiger partial charge on any atom is 0.159 e. The zero-order valence-corrected chi connectivity index (χ0v) is 18.4. The smallest absolute Gasteiger partial charge is 0.159 e. The molecule has 3 aliphatic carbocycles. The zero-order valence-electron chi connectivity index (χ0n) is 18.4. The zero-order chi connectivity index (χ0) is 20.2. The van der Waals surface area contributed by atoms with Crippen molar-refractivity contribution in [3.8, 4) is 0 Å². The molecule has 29 heavy (non-hydrogen) atoms. The van der Waals surface area contributed by atoms with Crippen molar-refractivity contribution >= 4 is 0 Å². The lowest BCUT2D eigenvalue weighted by Gasteiger charge is -2.45. The second-order valence-electron chi connectivity index (χ2n) is 10.6. The summed E-state index contributed by atoms with van der Waals surface area (Å²) in [7, 11) is 0. The van der Waals surface area contributed by atoms with Crippen molar-refractivity contribution in [3.05, 3.63) is 35.4 Å². The first-order chi connectivity index (χ1) is 14.1. The Morgan fingerprint density at radius 3 is 2.10 bits per heavy atom. The second kappa shape index (κ2) is 9.92. The molecule has 3 saturated carbocycles. The number of fused-ring (bicyclic) bond motifs is 1. The summed E-state index contributed by atoms with van der Waals surface area (Å²) in [6, 6.07) is 4.54. The second-order valence-corrected chi connectivity index (χ2v) is 10.6. The van der Waals surface area contributed by atoms with Crippen LogP contribution in [0.3, 0.4) is 0 Å². The van der Waals surface area contributed by atoms with Crippen LogP contribution in [-0.2, 0) is 0 Å². The first kappa shape index (κ1) is 21.3. The predicted molar refractivity (Wildman–Crippen MR) is 117 cm³/mol. The standard InChI is InChI=1S/C27H40F2/c1-2-3-4-5-19-6-7-24-17-23(13-12-22(24)16-19)20-8-10-21(11-9-20)25-14-15-26(28)27(29)18-25/h14-15,18-24H,2-13,16-17H2,1H3. The van der Waals surface area contributed by atoms with Gasteiger partial charge in [0.05, 0.1) is 0 Å².